The molecule has 0 saturated heterocycles. The molecule has 16 heavy (non-hydrogen) atoms. The van der Waals surface area contributed by atoms with Gasteiger partial charge in [-0.15, -0.1) is 11.3 Å². The van der Waals surface area contributed by atoms with Crippen LogP contribution in [0.2, 0.25) is 0 Å². The van der Waals surface area contributed by atoms with Crippen molar-refractivity contribution < 1.29 is 4.79 Å². The minimum Gasteiger partial charge on any atom is -0.297 e. The molecule has 0 spiro atoms. The van der Waals surface area contributed by atoms with Crippen LogP contribution in [0, 0.1) is 0 Å². The zero-order valence-electron chi connectivity index (χ0n) is 9.30. The van der Waals surface area contributed by atoms with Crippen LogP contribution < -0.4 is 0 Å². The van der Waals surface area contributed by atoms with Crippen LogP contribution in [0.1, 0.15) is 35.2 Å². The van der Waals surface area contributed by atoms with Crippen LogP contribution in [0.15, 0.2) is 11.4 Å². The second-order valence-electron chi connectivity index (χ2n) is 3.39. The van der Waals surface area contributed by atoms with Gasteiger partial charge in [0.2, 0.25) is 0 Å². The maximum atomic E-state index is 10.6. The number of hydrogen-bond donors (Lipinski definition) is 0. The van der Waals surface area contributed by atoms with Gasteiger partial charge in [0.1, 0.15) is 5.82 Å². The fourth-order valence-corrected chi connectivity index (χ4v) is 2.16. The van der Waals surface area contributed by atoms with E-state index in [4.69, 9.17) is 0 Å². The molecule has 84 valence electrons. The van der Waals surface area contributed by atoms with Crippen LogP contribution in [0.25, 0.3) is 5.69 Å². The van der Waals surface area contributed by atoms with Gasteiger partial charge in [-0.25, -0.2) is 9.67 Å². The molecule has 0 radical (unpaired) electrons. The Balaban J connectivity index is 2.45. The van der Waals surface area contributed by atoms with Gasteiger partial charge in [0.15, 0.2) is 12.1 Å². The highest BCUT2D eigenvalue weighted by molar-refractivity contribution is 7.12. The molecule has 0 fully saturated rings. The average Bonchev–Trinajstić information content (AvgIpc) is 2.94. The number of hydrogen-bond acceptors (Lipinski definition) is 4. The zero-order chi connectivity index (χ0) is 11.5. The van der Waals surface area contributed by atoms with Crippen LogP contribution >= 0.6 is 11.3 Å². The highest BCUT2D eigenvalue weighted by Crippen LogP contribution is 2.18. The molecule has 2 rings (SSSR count). The van der Waals surface area contributed by atoms with Crippen LogP contribution in [-0.4, -0.2) is 21.1 Å². The van der Waals surface area contributed by atoms with Crippen molar-refractivity contribution in [2.24, 2.45) is 0 Å². The number of aromatic nitrogens is 3. The Bertz CT molecular complexity index is 501. The normalized spacial score (nSPS) is 10.6. The van der Waals surface area contributed by atoms with Gasteiger partial charge >= 0.3 is 0 Å². The summed E-state index contributed by atoms with van der Waals surface area (Å²) in [6.07, 6.45) is 2.52. The standard InChI is InChI=1S/C11H13N3OS/c1-3-10-12-11(4-2)14(13-10)8-5-9(6-15)16-7-8/h5-7H,3-4H2,1-2H3. The lowest BCUT2D eigenvalue weighted by Gasteiger charge is -1.99. The number of nitrogens with zero attached hydrogens (tertiary/aromatic N) is 3. The quantitative estimate of drug-likeness (QED) is 0.764. The summed E-state index contributed by atoms with van der Waals surface area (Å²) in [4.78, 5) is 15.8. The number of carbonyl (C=O) groups excluding carboxylic acids is 1. The maximum Gasteiger partial charge on any atom is 0.160 e. The molecule has 2 aromatic rings. The van der Waals surface area contributed by atoms with Gasteiger partial charge < -0.3 is 0 Å². The summed E-state index contributed by atoms with van der Waals surface area (Å²) in [6.45, 7) is 4.08. The average molecular weight is 235 g/mol. The Labute approximate surface area is 97.9 Å². The molecule has 2 aromatic heterocycles. The van der Waals surface area contributed by atoms with Gasteiger partial charge in [-0.2, -0.15) is 5.10 Å². The minimum atomic E-state index is 0.714. The Morgan fingerprint density at radius 1 is 1.44 bits per heavy atom. The molecule has 0 aliphatic rings. The molecule has 2 heterocycles. The molecular weight excluding hydrogens is 222 g/mol. The number of aldehydes is 1. The highest BCUT2D eigenvalue weighted by Gasteiger charge is 2.10. The van der Waals surface area contributed by atoms with E-state index in [0.717, 1.165) is 36.5 Å². The summed E-state index contributed by atoms with van der Waals surface area (Å²) in [7, 11) is 0. The molecular formula is C11H13N3OS. The third kappa shape index (κ3) is 1.90. The lowest BCUT2D eigenvalue weighted by molar-refractivity contribution is 0.112. The summed E-state index contributed by atoms with van der Waals surface area (Å²) in [6, 6.07) is 1.84. The van der Waals surface area contributed by atoms with Crippen LogP contribution in [0.4, 0.5) is 0 Å². The minimum absolute atomic E-state index is 0.714. The van der Waals surface area contributed by atoms with Gasteiger partial charge in [-0.1, -0.05) is 13.8 Å². The lowest BCUT2D eigenvalue weighted by Crippen LogP contribution is -2.00. The summed E-state index contributed by atoms with van der Waals surface area (Å²) in [5.41, 5.74) is 0.927. The van der Waals surface area contributed by atoms with Gasteiger partial charge in [0.05, 0.1) is 10.6 Å². The van der Waals surface area contributed by atoms with Crippen LogP contribution in [0.3, 0.4) is 0 Å². The molecule has 0 saturated carbocycles. The second kappa shape index (κ2) is 4.57. The molecule has 5 heteroatoms. The first-order valence-corrected chi connectivity index (χ1v) is 6.15. The van der Waals surface area contributed by atoms with Crippen molar-refractivity contribution in [3.63, 3.8) is 0 Å². The van der Waals surface area contributed by atoms with Crippen molar-refractivity contribution in [3.8, 4) is 5.69 Å². The van der Waals surface area contributed by atoms with E-state index in [-0.39, 0.29) is 0 Å². The smallest absolute Gasteiger partial charge is 0.160 e. The first-order chi connectivity index (χ1) is 7.78. The number of thiophene rings is 1. The van der Waals surface area contributed by atoms with Crippen molar-refractivity contribution in [2.75, 3.05) is 0 Å². The Morgan fingerprint density at radius 2 is 2.25 bits per heavy atom. The third-order valence-corrected chi connectivity index (χ3v) is 3.16. The highest BCUT2D eigenvalue weighted by atomic mass is 32.1. The maximum absolute atomic E-state index is 10.6. The lowest BCUT2D eigenvalue weighted by atomic mass is 10.4. The van der Waals surface area contributed by atoms with E-state index in [1.807, 2.05) is 30.0 Å². The van der Waals surface area contributed by atoms with E-state index in [1.165, 1.54) is 11.3 Å². The Kier molecular flexibility index (Phi) is 3.14. The zero-order valence-corrected chi connectivity index (χ0v) is 10.1. The van der Waals surface area contributed by atoms with Crippen molar-refractivity contribution in [1.82, 2.24) is 14.8 Å². The fraction of sp³-hybridized carbons (Fsp3) is 0.364. The summed E-state index contributed by atoms with van der Waals surface area (Å²) < 4.78 is 1.82. The summed E-state index contributed by atoms with van der Waals surface area (Å²) in [5, 5.41) is 6.34. The largest absolute Gasteiger partial charge is 0.297 e. The monoisotopic (exact) mass is 235 g/mol. The molecule has 0 atom stereocenters. The molecule has 0 unspecified atom stereocenters. The number of aryl methyl sites for hydroxylation is 2. The molecule has 0 amide bonds. The van der Waals surface area contributed by atoms with Crippen molar-refractivity contribution in [1.29, 1.82) is 0 Å². The van der Waals surface area contributed by atoms with Crippen LogP contribution in [0.5, 0.6) is 0 Å². The molecule has 0 aliphatic carbocycles. The van der Waals surface area contributed by atoms with Crippen LogP contribution in [-0.2, 0) is 12.8 Å². The third-order valence-electron chi connectivity index (χ3n) is 2.32. The number of rotatable bonds is 4. The van der Waals surface area contributed by atoms with E-state index >= 15 is 0 Å². The first kappa shape index (κ1) is 11.0. The molecule has 0 aromatic carbocycles. The Morgan fingerprint density at radius 3 is 2.81 bits per heavy atom. The predicted octanol–water partition coefficient (Wildman–Crippen LogP) is 2.27. The van der Waals surface area contributed by atoms with Crippen molar-refractivity contribution in [3.05, 3.63) is 28.0 Å². The van der Waals surface area contributed by atoms with Gasteiger partial charge in [-0.05, 0) is 6.07 Å². The summed E-state index contributed by atoms with van der Waals surface area (Å²) in [5.74, 6) is 1.78. The topological polar surface area (TPSA) is 47.8 Å². The Hall–Kier alpha value is -1.49. The van der Waals surface area contributed by atoms with Gasteiger partial charge in [-0.3, -0.25) is 4.79 Å². The fourth-order valence-electron chi connectivity index (χ4n) is 1.49. The van der Waals surface area contributed by atoms with Crippen molar-refractivity contribution >= 4 is 17.6 Å². The van der Waals surface area contributed by atoms with Gasteiger partial charge in [0.25, 0.3) is 0 Å². The van der Waals surface area contributed by atoms with E-state index < -0.39 is 0 Å². The van der Waals surface area contributed by atoms with E-state index in [1.54, 1.807) is 0 Å². The van der Waals surface area contributed by atoms with E-state index in [0.29, 0.717) is 4.88 Å². The molecule has 0 bridgehead atoms. The first-order valence-electron chi connectivity index (χ1n) is 5.27. The van der Waals surface area contributed by atoms with E-state index in [2.05, 4.69) is 10.1 Å². The molecule has 0 N–H and O–H groups in total. The predicted molar refractivity (Wildman–Crippen MR) is 63.4 cm³/mol. The van der Waals surface area contributed by atoms with Crippen molar-refractivity contribution in [2.45, 2.75) is 26.7 Å². The SMILES string of the molecule is CCc1nc(CC)n(-c2csc(C=O)c2)n1. The molecule has 4 nitrogen and oxygen atoms in total. The van der Waals surface area contributed by atoms with E-state index in [9.17, 15) is 4.79 Å². The summed E-state index contributed by atoms with van der Waals surface area (Å²) >= 11 is 1.42. The second-order valence-corrected chi connectivity index (χ2v) is 4.33. The number of carbonyl (C=O) groups is 1. The van der Waals surface area contributed by atoms with Gasteiger partial charge in [0, 0.05) is 18.2 Å². The molecule has 0 aliphatic heterocycles.